The smallest absolute Gasteiger partial charge is 0.239 e. The van der Waals surface area contributed by atoms with Crippen LogP contribution in [-0.4, -0.2) is 47.9 Å². The number of carbonyl (C=O) groups excluding carboxylic acids is 1. The van der Waals surface area contributed by atoms with Crippen molar-refractivity contribution in [2.24, 2.45) is 5.73 Å². The lowest BCUT2D eigenvalue weighted by molar-refractivity contribution is -0.134. The van der Waals surface area contributed by atoms with E-state index in [2.05, 4.69) is 47.4 Å². The quantitative estimate of drug-likeness (QED) is 0.940. The molecule has 0 aliphatic carbocycles. The van der Waals surface area contributed by atoms with Crippen LogP contribution in [0.1, 0.15) is 12.5 Å². The summed E-state index contributed by atoms with van der Waals surface area (Å²) in [5, 5.41) is 2.56. The van der Waals surface area contributed by atoms with Crippen LogP contribution in [0.4, 0.5) is 0 Å². The molecular formula is C18H23N3O. The van der Waals surface area contributed by atoms with Gasteiger partial charge in [0.15, 0.2) is 0 Å². The summed E-state index contributed by atoms with van der Waals surface area (Å²) in [6.07, 6.45) is 0. The highest BCUT2D eigenvalue weighted by Crippen LogP contribution is 2.17. The molecule has 0 saturated carbocycles. The minimum Gasteiger partial charge on any atom is -0.339 e. The Morgan fingerprint density at radius 2 is 1.77 bits per heavy atom. The Morgan fingerprint density at radius 1 is 1.09 bits per heavy atom. The first-order valence-corrected chi connectivity index (χ1v) is 7.88. The molecule has 2 aromatic carbocycles. The second-order valence-electron chi connectivity index (χ2n) is 6.07. The van der Waals surface area contributed by atoms with Gasteiger partial charge in [-0.05, 0) is 29.3 Å². The minimum atomic E-state index is -0.396. The van der Waals surface area contributed by atoms with Gasteiger partial charge in [-0.15, -0.1) is 0 Å². The van der Waals surface area contributed by atoms with Crippen molar-refractivity contribution in [3.05, 3.63) is 48.0 Å². The maximum Gasteiger partial charge on any atom is 0.239 e. The summed E-state index contributed by atoms with van der Waals surface area (Å²) >= 11 is 0. The van der Waals surface area contributed by atoms with E-state index in [1.54, 1.807) is 6.92 Å². The van der Waals surface area contributed by atoms with Gasteiger partial charge in [-0.3, -0.25) is 9.69 Å². The molecule has 0 spiro atoms. The van der Waals surface area contributed by atoms with E-state index in [-0.39, 0.29) is 5.91 Å². The topological polar surface area (TPSA) is 49.6 Å². The molecule has 116 valence electrons. The standard InChI is InChI=1S/C18H23N3O/c1-14(19)18(22)21-10-8-20(9-11-21)13-15-6-7-16-4-2-3-5-17(16)12-15/h2-7,12,14H,8-11,13,19H2,1H3/t14-/m0/s1. The first-order chi connectivity index (χ1) is 10.6. The zero-order valence-electron chi connectivity index (χ0n) is 13.0. The largest absolute Gasteiger partial charge is 0.339 e. The van der Waals surface area contributed by atoms with Crippen molar-refractivity contribution in [3.8, 4) is 0 Å². The highest BCUT2D eigenvalue weighted by Gasteiger charge is 2.22. The van der Waals surface area contributed by atoms with E-state index < -0.39 is 6.04 Å². The van der Waals surface area contributed by atoms with Crippen molar-refractivity contribution in [2.45, 2.75) is 19.5 Å². The Labute approximate surface area is 131 Å². The van der Waals surface area contributed by atoms with Gasteiger partial charge in [0.05, 0.1) is 6.04 Å². The summed E-state index contributed by atoms with van der Waals surface area (Å²) in [4.78, 5) is 16.2. The first kappa shape index (κ1) is 15.0. The maximum atomic E-state index is 11.9. The van der Waals surface area contributed by atoms with Crippen LogP contribution in [0.3, 0.4) is 0 Å². The molecule has 22 heavy (non-hydrogen) atoms. The molecule has 0 unspecified atom stereocenters. The van der Waals surface area contributed by atoms with Gasteiger partial charge in [0.1, 0.15) is 0 Å². The number of hydrogen-bond donors (Lipinski definition) is 1. The van der Waals surface area contributed by atoms with E-state index in [0.29, 0.717) is 0 Å². The van der Waals surface area contributed by atoms with Gasteiger partial charge in [0.25, 0.3) is 0 Å². The summed E-state index contributed by atoms with van der Waals surface area (Å²) in [5.41, 5.74) is 7.00. The van der Waals surface area contributed by atoms with E-state index in [0.717, 1.165) is 32.7 Å². The summed E-state index contributed by atoms with van der Waals surface area (Å²) in [7, 11) is 0. The van der Waals surface area contributed by atoms with Crippen LogP contribution in [0.25, 0.3) is 10.8 Å². The number of hydrogen-bond acceptors (Lipinski definition) is 3. The molecule has 0 radical (unpaired) electrons. The number of rotatable bonds is 3. The van der Waals surface area contributed by atoms with Crippen LogP contribution in [0.2, 0.25) is 0 Å². The predicted molar refractivity (Wildman–Crippen MR) is 89.5 cm³/mol. The third-order valence-electron chi connectivity index (χ3n) is 4.29. The maximum absolute atomic E-state index is 11.9. The molecular weight excluding hydrogens is 274 g/mol. The number of benzene rings is 2. The monoisotopic (exact) mass is 297 g/mol. The summed E-state index contributed by atoms with van der Waals surface area (Å²) in [6, 6.07) is 14.7. The molecule has 1 amide bonds. The van der Waals surface area contributed by atoms with Crippen molar-refractivity contribution in [1.82, 2.24) is 9.80 Å². The average molecular weight is 297 g/mol. The number of fused-ring (bicyclic) bond motifs is 1. The Bertz CT molecular complexity index is 660. The van der Waals surface area contributed by atoms with Crippen LogP contribution in [0.15, 0.2) is 42.5 Å². The Balaban J connectivity index is 1.61. The van der Waals surface area contributed by atoms with Crippen molar-refractivity contribution in [3.63, 3.8) is 0 Å². The lowest BCUT2D eigenvalue weighted by Gasteiger charge is -2.35. The molecule has 1 saturated heterocycles. The molecule has 1 aliphatic rings. The number of nitrogens with two attached hydrogens (primary N) is 1. The van der Waals surface area contributed by atoms with Gasteiger partial charge >= 0.3 is 0 Å². The number of piperazine rings is 1. The van der Waals surface area contributed by atoms with Crippen LogP contribution in [0, 0.1) is 0 Å². The number of amides is 1. The molecule has 1 aliphatic heterocycles. The molecule has 0 aromatic heterocycles. The van der Waals surface area contributed by atoms with Crippen molar-refractivity contribution >= 4 is 16.7 Å². The SMILES string of the molecule is C[C@H](N)C(=O)N1CCN(Cc2ccc3ccccc3c2)CC1. The van der Waals surface area contributed by atoms with Gasteiger partial charge in [-0.2, -0.15) is 0 Å². The zero-order valence-corrected chi connectivity index (χ0v) is 13.0. The third kappa shape index (κ3) is 3.29. The summed E-state index contributed by atoms with van der Waals surface area (Å²) in [6.45, 7) is 6.05. The van der Waals surface area contributed by atoms with Crippen molar-refractivity contribution < 1.29 is 4.79 Å². The van der Waals surface area contributed by atoms with E-state index in [1.807, 2.05) is 4.90 Å². The highest BCUT2D eigenvalue weighted by atomic mass is 16.2. The molecule has 3 rings (SSSR count). The fourth-order valence-corrected chi connectivity index (χ4v) is 3.01. The number of nitrogens with zero attached hydrogens (tertiary/aromatic N) is 2. The molecule has 1 heterocycles. The Morgan fingerprint density at radius 3 is 2.45 bits per heavy atom. The van der Waals surface area contributed by atoms with Crippen molar-refractivity contribution in [2.75, 3.05) is 26.2 Å². The minimum absolute atomic E-state index is 0.0605. The second kappa shape index (κ2) is 6.46. The molecule has 1 fully saturated rings. The van der Waals surface area contributed by atoms with Gasteiger partial charge in [0, 0.05) is 32.7 Å². The summed E-state index contributed by atoms with van der Waals surface area (Å²) < 4.78 is 0. The molecule has 0 bridgehead atoms. The molecule has 1 atom stereocenters. The van der Waals surface area contributed by atoms with E-state index in [4.69, 9.17) is 5.73 Å². The van der Waals surface area contributed by atoms with E-state index in [1.165, 1.54) is 16.3 Å². The fourth-order valence-electron chi connectivity index (χ4n) is 3.01. The third-order valence-corrected chi connectivity index (χ3v) is 4.29. The normalized spacial score (nSPS) is 17.6. The molecule has 2 N–H and O–H groups in total. The van der Waals surface area contributed by atoms with E-state index >= 15 is 0 Å². The van der Waals surface area contributed by atoms with Crippen molar-refractivity contribution in [1.29, 1.82) is 0 Å². The van der Waals surface area contributed by atoms with Crippen LogP contribution >= 0.6 is 0 Å². The fraction of sp³-hybridized carbons (Fsp3) is 0.389. The molecule has 4 nitrogen and oxygen atoms in total. The van der Waals surface area contributed by atoms with Gasteiger partial charge in [-0.25, -0.2) is 0 Å². The zero-order chi connectivity index (χ0) is 15.5. The van der Waals surface area contributed by atoms with Crippen LogP contribution in [0.5, 0.6) is 0 Å². The number of carbonyl (C=O) groups is 1. The second-order valence-corrected chi connectivity index (χ2v) is 6.07. The van der Waals surface area contributed by atoms with Gasteiger partial charge in [-0.1, -0.05) is 36.4 Å². The Kier molecular flexibility index (Phi) is 4.41. The molecule has 4 heteroatoms. The highest BCUT2D eigenvalue weighted by molar-refractivity contribution is 5.83. The Hall–Kier alpha value is -1.91. The van der Waals surface area contributed by atoms with Crippen LogP contribution < -0.4 is 5.73 Å². The van der Waals surface area contributed by atoms with E-state index in [9.17, 15) is 4.79 Å². The summed E-state index contributed by atoms with van der Waals surface area (Å²) in [5.74, 6) is 0.0605. The molecule has 2 aromatic rings. The average Bonchev–Trinajstić information content (AvgIpc) is 2.55. The first-order valence-electron chi connectivity index (χ1n) is 7.88. The van der Waals surface area contributed by atoms with Gasteiger partial charge in [0.2, 0.25) is 5.91 Å². The van der Waals surface area contributed by atoms with Gasteiger partial charge < -0.3 is 10.6 Å². The van der Waals surface area contributed by atoms with Crippen LogP contribution in [-0.2, 0) is 11.3 Å². The lowest BCUT2D eigenvalue weighted by Crippen LogP contribution is -2.52. The lowest BCUT2D eigenvalue weighted by atomic mass is 10.1. The predicted octanol–water partition coefficient (Wildman–Crippen LogP) is 1.83.